The smallest absolute Gasteiger partial charge is 0.371 e. The largest absolute Gasteiger partial charge is 0.472 e. The summed E-state index contributed by atoms with van der Waals surface area (Å²) in [5.41, 5.74) is 0. The van der Waals surface area contributed by atoms with Crippen LogP contribution < -0.4 is 10.6 Å². The van der Waals surface area contributed by atoms with Gasteiger partial charge < -0.3 is 25.2 Å². The van der Waals surface area contributed by atoms with Crippen molar-refractivity contribution in [3.8, 4) is 0 Å². The zero-order chi connectivity index (χ0) is 32.5. The third-order valence-electron chi connectivity index (χ3n) is 8.06. The van der Waals surface area contributed by atoms with E-state index in [0.29, 0.717) is 30.0 Å². The molecule has 12 nitrogen and oxygen atoms in total. The van der Waals surface area contributed by atoms with E-state index in [1.54, 1.807) is 13.8 Å². The highest BCUT2D eigenvalue weighted by atomic mass is 31.2. The molecule has 0 aromatic heterocycles. The molecular weight excluding hydrogens is 596 g/mol. The van der Waals surface area contributed by atoms with Crippen molar-refractivity contribution in [2.75, 3.05) is 33.0 Å². The fourth-order valence-electron chi connectivity index (χ4n) is 6.41. The number of hydrogen-bond acceptors (Lipinski definition) is 10. The van der Waals surface area contributed by atoms with Crippen LogP contribution in [0.15, 0.2) is 0 Å². The minimum Gasteiger partial charge on any atom is -0.371 e. The third kappa shape index (κ3) is 14.6. The van der Waals surface area contributed by atoms with Gasteiger partial charge in [-0.3, -0.25) is 23.0 Å². The molecule has 0 aromatic carbocycles. The van der Waals surface area contributed by atoms with Gasteiger partial charge in [-0.1, -0.05) is 41.5 Å². The van der Waals surface area contributed by atoms with Crippen molar-refractivity contribution >= 4 is 15.6 Å². The summed E-state index contributed by atoms with van der Waals surface area (Å²) in [7, 11) is -8.82. The predicted molar refractivity (Wildman–Crippen MR) is 169 cm³/mol. The molecule has 0 bridgehead atoms. The summed E-state index contributed by atoms with van der Waals surface area (Å²) < 4.78 is 52.7. The first-order chi connectivity index (χ1) is 19.9. The molecule has 2 aliphatic rings. The highest BCUT2D eigenvalue weighted by molar-refractivity contribution is 7.47. The normalized spacial score (nSPS) is 28.9. The average Bonchev–Trinajstić information content (AvgIpc) is 3.46. The molecule has 0 spiro atoms. The molecule has 4 unspecified atom stereocenters. The van der Waals surface area contributed by atoms with Crippen LogP contribution in [0.3, 0.4) is 0 Å². The Kier molecular flexibility index (Phi) is 16.3. The quantitative estimate of drug-likeness (QED) is 0.131. The number of hydrogen-bond donors (Lipinski definition) is 4. The molecule has 4 N–H and O–H groups in total. The average molecular weight is 658 g/mol. The van der Waals surface area contributed by atoms with Gasteiger partial charge in [0.15, 0.2) is 0 Å². The van der Waals surface area contributed by atoms with Crippen molar-refractivity contribution in [2.24, 2.45) is 17.8 Å². The van der Waals surface area contributed by atoms with Gasteiger partial charge in [0.05, 0.1) is 32.5 Å². The van der Waals surface area contributed by atoms with E-state index in [1.165, 1.54) is 0 Å². The van der Waals surface area contributed by atoms with Gasteiger partial charge in [-0.05, 0) is 64.7 Å². The Morgan fingerprint density at radius 1 is 0.744 bits per heavy atom. The highest BCUT2D eigenvalue weighted by Crippen LogP contribution is 2.47. The molecule has 1 heterocycles. The van der Waals surface area contributed by atoms with Crippen molar-refractivity contribution in [1.29, 1.82) is 0 Å². The van der Waals surface area contributed by atoms with Crippen molar-refractivity contribution in [3.63, 3.8) is 0 Å². The summed E-state index contributed by atoms with van der Waals surface area (Å²) in [6, 6.07) is 1.54. The second kappa shape index (κ2) is 17.8. The number of rotatable bonds is 20. The zero-order valence-corrected chi connectivity index (χ0v) is 29.9. The summed E-state index contributed by atoms with van der Waals surface area (Å²) in [4.78, 5) is 23.1. The Balaban J connectivity index is 1.88. The first-order valence-electron chi connectivity index (χ1n) is 16.0. The Labute approximate surface area is 260 Å². The molecule has 0 aromatic rings. The van der Waals surface area contributed by atoms with Crippen molar-refractivity contribution in [2.45, 2.75) is 137 Å². The van der Waals surface area contributed by atoms with Crippen LogP contribution in [-0.4, -0.2) is 96.1 Å². The van der Waals surface area contributed by atoms with Crippen LogP contribution >= 0.6 is 15.6 Å². The van der Waals surface area contributed by atoms with Gasteiger partial charge in [0, 0.05) is 42.8 Å². The molecule has 1 aliphatic carbocycles. The lowest BCUT2D eigenvalue weighted by Gasteiger charge is -2.28. The number of nitrogens with one attached hydrogen (secondary N) is 2. The van der Waals surface area contributed by atoms with Crippen LogP contribution in [0.2, 0.25) is 0 Å². The van der Waals surface area contributed by atoms with E-state index >= 15 is 0 Å². The SMILES string of the molecule is CC(C)N[C@H]1CC(C(C)C)[C@H](COP(=O)(O)OCC(COP(=O)(O)OC[C@H]2C[C@H](NC(C)C)CN2C(C)C)OC(C)C)C1. The summed E-state index contributed by atoms with van der Waals surface area (Å²) in [5, 5.41) is 7.10. The Bertz CT molecular complexity index is 842. The lowest BCUT2D eigenvalue weighted by molar-refractivity contribution is -0.0514. The molecule has 1 saturated carbocycles. The van der Waals surface area contributed by atoms with Crippen LogP contribution in [0.4, 0.5) is 0 Å². The molecule has 0 amide bonds. The predicted octanol–water partition coefficient (Wildman–Crippen LogP) is 4.95. The maximum Gasteiger partial charge on any atom is 0.472 e. The first kappa shape index (κ1) is 39.2. The summed E-state index contributed by atoms with van der Waals surface area (Å²) >= 11 is 0. The van der Waals surface area contributed by atoms with Gasteiger partial charge in [-0.25, -0.2) is 9.13 Å². The van der Waals surface area contributed by atoms with Crippen LogP contribution in [0.25, 0.3) is 0 Å². The fraction of sp³-hybridized carbons (Fsp3) is 1.00. The molecule has 1 aliphatic heterocycles. The van der Waals surface area contributed by atoms with E-state index < -0.39 is 21.7 Å². The summed E-state index contributed by atoms with van der Waals surface area (Å²) in [6.07, 6.45) is 1.49. The molecular formula is C29H61N3O9P2. The maximum atomic E-state index is 12.8. The van der Waals surface area contributed by atoms with E-state index in [4.69, 9.17) is 22.8 Å². The Hall–Kier alpha value is 0.0600. The van der Waals surface area contributed by atoms with E-state index in [-0.39, 0.29) is 56.6 Å². The van der Waals surface area contributed by atoms with E-state index in [1.807, 2.05) is 0 Å². The minimum absolute atomic E-state index is 0.0321. The van der Waals surface area contributed by atoms with Gasteiger partial charge in [-0.2, -0.15) is 0 Å². The third-order valence-corrected chi connectivity index (χ3v) is 9.96. The van der Waals surface area contributed by atoms with Crippen LogP contribution in [-0.2, 0) is 32.0 Å². The first-order valence-corrected chi connectivity index (χ1v) is 19.0. The second-order valence-electron chi connectivity index (χ2n) is 13.8. The van der Waals surface area contributed by atoms with Gasteiger partial charge in [0.2, 0.25) is 0 Å². The maximum absolute atomic E-state index is 12.8. The monoisotopic (exact) mass is 657 g/mol. The molecule has 0 radical (unpaired) electrons. The number of nitrogens with zero attached hydrogens (tertiary/aromatic N) is 1. The van der Waals surface area contributed by atoms with E-state index in [9.17, 15) is 18.9 Å². The lowest BCUT2D eigenvalue weighted by Crippen LogP contribution is -2.40. The number of likely N-dealkylation sites (tertiary alicyclic amines) is 1. The van der Waals surface area contributed by atoms with Gasteiger partial charge in [0.25, 0.3) is 0 Å². The fourth-order valence-corrected chi connectivity index (χ4v) is 8.01. The summed E-state index contributed by atoms with van der Waals surface area (Å²) in [6.45, 7) is 20.8. The minimum atomic E-state index is -4.42. The second-order valence-corrected chi connectivity index (χ2v) is 16.7. The number of ether oxygens (including phenoxy) is 1. The highest BCUT2D eigenvalue weighted by Gasteiger charge is 2.39. The van der Waals surface area contributed by atoms with Gasteiger partial charge in [0.1, 0.15) is 6.10 Å². The summed E-state index contributed by atoms with van der Waals surface area (Å²) in [5.74, 6) is 0.922. The topological polar surface area (TPSA) is 148 Å². The Morgan fingerprint density at radius 2 is 1.28 bits per heavy atom. The molecule has 14 heteroatoms. The molecule has 2 fully saturated rings. The standard InChI is InChI=1S/C29H61N3O9P2/c1-19(2)29-13-25(30-20(3)4)11-24(29)15-37-42(33,34)39-17-28(41-23(9)10)18-40-43(35,36)38-16-27-12-26(31-21(5)6)14-32(27)22(7)8/h19-31H,11-18H2,1-10H3,(H,33,34)(H,35,36)/t24-,25+,26-,27+,28?,29?/m0/s1. The van der Waals surface area contributed by atoms with Crippen LogP contribution in [0.1, 0.15) is 88.5 Å². The van der Waals surface area contributed by atoms with Gasteiger partial charge in [-0.15, -0.1) is 0 Å². The molecule has 256 valence electrons. The zero-order valence-electron chi connectivity index (χ0n) is 28.1. The number of phosphoric ester groups is 2. The lowest BCUT2D eigenvalue weighted by atomic mass is 9.87. The molecule has 43 heavy (non-hydrogen) atoms. The molecule has 1 saturated heterocycles. The van der Waals surface area contributed by atoms with Gasteiger partial charge >= 0.3 is 15.6 Å². The van der Waals surface area contributed by atoms with E-state index in [2.05, 4.69) is 70.9 Å². The van der Waals surface area contributed by atoms with Crippen molar-refractivity contribution < 1.29 is 41.7 Å². The molecule has 2 rings (SSSR count). The number of phosphoric acid groups is 2. The van der Waals surface area contributed by atoms with Crippen molar-refractivity contribution in [3.05, 3.63) is 0 Å². The Morgan fingerprint density at radius 3 is 1.77 bits per heavy atom. The van der Waals surface area contributed by atoms with Crippen LogP contribution in [0.5, 0.6) is 0 Å². The van der Waals surface area contributed by atoms with Crippen molar-refractivity contribution in [1.82, 2.24) is 15.5 Å². The van der Waals surface area contributed by atoms with E-state index in [0.717, 1.165) is 25.8 Å². The molecule has 8 atom stereocenters. The van der Waals surface area contributed by atoms with Crippen LogP contribution in [0, 0.1) is 17.8 Å².